The van der Waals surface area contributed by atoms with Crippen molar-refractivity contribution >= 4 is 27.5 Å². The molecule has 0 radical (unpaired) electrons. The Morgan fingerprint density at radius 3 is 2.75 bits per heavy atom. The van der Waals surface area contributed by atoms with Crippen LogP contribution >= 0.6 is 0 Å². The van der Waals surface area contributed by atoms with Crippen molar-refractivity contribution in [1.82, 2.24) is 4.41 Å². The van der Waals surface area contributed by atoms with Crippen LogP contribution in [-0.4, -0.2) is 36.0 Å². The zero-order valence-corrected chi connectivity index (χ0v) is 9.40. The number of hydrogen-bond acceptors (Lipinski definition) is 8. The first-order valence-electron chi connectivity index (χ1n) is 3.72. The van der Waals surface area contributed by atoms with E-state index in [0.29, 0.717) is 5.41 Å². The van der Waals surface area contributed by atoms with E-state index in [1.54, 1.807) is 0 Å². The Morgan fingerprint density at radius 1 is 1.69 bits per heavy atom. The summed E-state index contributed by atoms with van der Waals surface area (Å²) in [7, 11) is -4.12. The molecule has 1 aliphatic heterocycles. The predicted molar refractivity (Wildman–Crippen MR) is 50.6 cm³/mol. The second-order valence-corrected chi connectivity index (χ2v) is 5.00. The molecule has 9 nitrogen and oxygen atoms in total. The van der Waals surface area contributed by atoms with E-state index in [0.717, 1.165) is 0 Å². The first-order valence-corrected chi connectivity index (χ1v) is 6.22. The largest absolute Gasteiger partial charge is 0.441 e. The average molecular weight is 272 g/mol. The average Bonchev–Trinajstić information content (AvgIpc) is 2.62. The van der Waals surface area contributed by atoms with Gasteiger partial charge in [-0.3, -0.25) is 4.18 Å². The zero-order chi connectivity index (χ0) is 12.3. The minimum absolute atomic E-state index is 0.162. The molecule has 0 aromatic heterocycles. The summed E-state index contributed by atoms with van der Waals surface area (Å²) < 4.78 is 45.7. The first kappa shape index (κ1) is 13.1. The van der Waals surface area contributed by atoms with Crippen LogP contribution < -0.4 is 5.84 Å². The molecule has 1 heterocycles. The molecule has 92 valence electrons. The van der Waals surface area contributed by atoms with Gasteiger partial charge in [-0.1, -0.05) is 6.58 Å². The zero-order valence-electron chi connectivity index (χ0n) is 7.77. The Balaban J connectivity index is 2.59. The maximum Gasteiger partial charge on any atom is 0.441 e. The molecule has 2 N–H and O–H groups in total. The normalized spacial score (nSPS) is 25.1. The van der Waals surface area contributed by atoms with Crippen LogP contribution in [0.25, 0.3) is 0 Å². The van der Waals surface area contributed by atoms with Crippen molar-refractivity contribution in [1.29, 1.82) is 0 Å². The molecule has 0 saturated carbocycles. The van der Waals surface area contributed by atoms with E-state index >= 15 is 0 Å². The molecule has 0 spiro atoms. The summed E-state index contributed by atoms with van der Waals surface area (Å²) in [5.74, 6) is 4.95. The number of carbonyl (C=O) groups is 1. The molecule has 1 saturated heterocycles. The molecule has 1 rings (SSSR count). The molecular weight excluding hydrogens is 264 g/mol. The molecule has 0 aliphatic carbocycles. The van der Waals surface area contributed by atoms with E-state index in [1.165, 1.54) is 0 Å². The molecule has 16 heavy (non-hydrogen) atoms. The van der Waals surface area contributed by atoms with E-state index in [1.807, 2.05) is 0 Å². The summed E-state index contributed by atoms with van der Waals surface area (Å²) in [4.78, 5) is 11.1. The van der Waals surface area contributed by atoms with Gasteiger partial charge in [0.2, 0.25) is 6.29 Å². The highest BCUT2D eigenvalue weighted by molar-refractivity contribution is 7.92. The van der Waals surface area contributed by atoms with Gasteiger partial charge in [0.05, 0.1) is 0 Å². The van der Waals surface area contributed by atoms with Gasteiger partial charge in [0.1, 0.15) is 6.61 Å². The summed E-state index contributed by atoms with van der Waals surface area (Å²) in [5.41, 5.74) is 0. The lowest BCUT2D eigenvalue weighted by atomic mass is 10.7. The first-order chi connectivity index (χ1) is 7.36. The second kappa shape index (κ2) is 4.88. The minimum Gasteiger partial charge on any atom is -0.414 e. The monoisotopic (exact) mass is 272 g/mol. The van der Waals surface area contributed by atoms with Crippen LogP contribution in [0.1, 0.15) is 0 Å². The van der Waals surface area contributed by atoms with Crippen molar-refractivity contribution < 1.29 is 30.5 Å². The summed E-state index contributed by atoms with van der Waals surface area (Å²) in [6.07, 6.45) is -2.66. The van der Waals surface area contributed by atoms with Crippen LogP contribution in [0, 0.1) is 0 Å². The Labute approximate surface area is 93.6 Å². The van der Waals surface area contributed by atoms with E-state index in [-0.39, 0.29) is 11.0 Å². The van der Waals surface area contributed by atoms with Gasteiger partial charge >= 0.3 is 17.5 Å². The molecule has 0 aromatic rings. The number of nitrogens with two attached hydrogens (primary N) is 1. The third-order valence-electron chi connectivity index (χ3n) is 1.38. The smallest absolute Gasteiger partial charge is 0.414 e. The van der Waals surface area contributed by atoms with E-state index in [4.69, 9.17) is 5.84 Å². The van der Waals surface area contributed by atoms with Gasteiger partial charge in [0.25, 0.3) is 10.0 Å². The van der Waals surface area contributed by atoms with Crippen LogP contribution in [0.5, 0.6) is 0 Å². The number of nitrogens with zero attached hydrogens (tertiary/aromatic N) is 1. The minimum atomic E-state index is -4.12. The maximum atomic E-state index is 11.1. The highest BCUT2D eigenvalue weighted by Gasteiger charge is 2.31. The SMILES string of the molecule is C=CS(=O)(=O)N(N)C(=O)OC1COS(=O)O1. The fourth-order valence-electron chi connectivity index (χ4n) is 0.657. The van der Waals surface area contributed by atoms with Crippen LogP contribution in [-0.2, 0) is 34.5 Å². The van der Waals surface area contributed by atoms with Crippen molar-refractivity contribution in [2.24, 2.45) is 5.84 Å². The van der Waals surface area contributed by atoms with E-state index < -0.39 is 33.8 Å². The molecule has 1 aliphatic rings. The van der Waals surface area contributed by atoms with Gasteiger partial charge in [-0.15, -0.1) is 4.41 Å². The van der Waals surface area contributed by atoms with Crippen LogP contribution in [0.15, 0.2) is 12.0 Å². The quantitative estimate of drug-likeness (QED) is 0.382. The molecule has 11 heteroatoms. The van der Waals surface area contributed by atoms with Gasteiger partial charge in [-0.2, -0.15) is 4.21 Å². The van der Waals surface area contributed by atoms with E-state index in [2.05, 4.69) is 19.7 Å². The Kier molecular flexibility index (Phi) is 3.98. The van der Waals surface area contributed by atoms with E-state index in [9.17, 15) is 17.4 Å². The Hall–Kier alpha value is -1.01. The molecular formula is C5H8N2O7S2. The van der Waals surface area contributed by atoms with Crippen molar-refractivity contribution in [3.8, 4) is 0 Å². The molecule has 2 atom stereocenters. The van der Waals surface area contributed by atoms with Gasteiger partial charge in [0.15, 0.2) is 0 Å². The molecule has 2 unspecified atom stereocenters. The number of sulfonamides is 1. The lowest BCUT2D eigenvalue weighted by molar-refractivity contribution is -0.0234. The number of amides is 1. The summed E-state index contributed by atoms with van der Waals surface area (Å²) in [6, 6.07) is 0. The fraction of sp³-hybridized carbons (Fsp3) is 0.400. The van der Waals surface area contributed by atoms with Crippen molar-refractivity contribution in [2.75, 3.05) is 6.61 Å². The standard InChI is InChI=1S/C5H8N2O7S2/c1-2-16(10,11)7(6)5(8)13-4-3-12-15(9)14-4/h2,4H,1,3,6H2. The molecule has 0 bridgehead atoms. The maximum absolute atomic E-state index is 11.1. The Morgan fingerprint density at radius 2 is 2.31 bits per heavy atom. The van der Waals surface area contributed by atoms with Crippen LogP contribution in [0.4, 0.5) is 4.79 Å². The highest BCUT2D eigenvalue weighted by atomic mass is 32.2. The third-order valence-corrected chi connectivity index (χ3v) is 3.20. The Bertz CT molecular complexity index is 418. The van der Waals surface area contributed by atoms with Crippen molar-refractivity contribution in [3.05, 3.63) is 12.0 Å². The van der Waals surface area contributed by atoms with Gasteiger partial charge in [-0.25, -0.2) is 23.2 Å². The topological polar surface area (TPSA) is 125 Å². The van der Waals surface area contributed by atoms with Gasteiger partial charge in [0, 0.05) is 5.41 Å². The van der Waals surface area contributed by atoms with Crippen molar-refractivity contribution in [2.45, 2.75) is 6.29 Å². The summed E-state index contributed by atoms with van der Waals surface area (Å²) in [5, 5.41) is 0.471. The molecule has 1 fully saturated rings. The van der Waals surface area contributed by atoms with Crippen LogP contribution in [0.2, 0.25) is 0 Å². The van der Waals surface area contributed by atoms with Gasteiger partial charge < -0.3 is 4.74 Å². The van der Waals surface area contributed by atoms with Crippen molar-refractivity contribution in [3.63, 3.8) is 0 Å². The van der Waals surface area contributed by atoms with Gasteiger partial charge in [-0.05, 0) is 0 Å². The number of rotatable bonds is 3. The summed E-state index contributed by atoms with van der Waals surface area (Å²) >= 11 is -2.01. The number of hydrogen-bond donors (Lipinski definition) is 1. The highest BCUT2D eigenvalue weighted by Crippen LogP contribution is 2.11. The molecule has 0 aromatic carbocycles. The number of hydrazine groups is 1. The van der Waals surface area contributed by atoms with Crippen LogP contribution in [0.3, 0.4) is 0 Å². The second-order valence-electron chi connectivity index (χ2n) is 2.41. The number of carbonyl (C=O) groups excluding carboxylic acids is 1. The fourth-order valence-corrected chi connectivity index (χ4v) is 1.62. The summed E-state index contributed by atoms with van der Waals surface area (Å²) in [6.45, 7) is 2.68. The third kappa shape index (κ3) is 2.99. The predicted octanol–water partition coefficient (Wildman–Crippen LogP) is -1.28. The number of ether oxygens (including phenoxy) is 1. The lowest BCUT2D eigenvalue weighted by Gasteiger charge is -2.15. The molecule has 1 amide bonds. The lowest BCUT2D eigenvalue weighted by Crippen LogP contribution is -2.43.